The molecule has 0 amide bonds. The van der Waals surface area contributed by atoms with Gasteiger partial charge in [0.2, 0.25) is 0 Å². The van der Waals surface area contributed by atoms with Crippen LogP contribution in [0.1, 0.15) is 30.1 Å². The molecular formula is C22H22ClNO4S. The predicted octanol–water partition coefficient (Wildman–Crippen LogP) is 4.46. The number of alkyl halides is 1. The molecule has 1 aliphatic rings. The summed E-state index contributed by atoms with van der Waals surface area (Å²) in [6.07, 6.45) is 4.33. The van der Waals surface area contributed by atoms with E-state index < -0.39 is 10.0 Å². The van der Waals surface area contributed by atoms with Crippen LogP contribution in [0.2, 0.25) is 0 Å². The minimum absolute atomic E-state index is 0.0850. The van der Waals surface area contributed by atoms with Gasteiger partial charge >= 0.3 is 0 Å². The number of nitrogens with one attached hydrogen (secondary N) is 1. The highest BCUT2D eigenvalue weighted by molar-refractivity contribution is 7.89. The van der Waals surface area contributed by atoms with Gasteiger partial charge in [-0.25, -0.2) is 8.42 Å². The normalized spacial score (nSPS) is 16.6. The zero-order chi connectivity index (χ0) is 20.9. The maximum Gasteiger partial charge on any atom is 0.261 e. The highest BCUT2D eigenvalue weighted by Crippen LogP contribution is 2.26. The van der Waals surface area contributed by atoms with Gasteiger partial charge in [-0.15, -0.1) is 11.6 Å². The Morgan fingerprint density at radius 3 is 2.48 bits per heavy atom. The van der Waals surface area contributed by atoms with Crippen LogP contribution >= 0.6 is 11.6 Å². The monoisotopic (exact) mass is 431 g/mol. The molecule has 152 valence electrons. The van der Waals surface area contributed by atoms with Gasteiger partial charge in [0, 0.05) is 11.1 Å². The van der Waals surface area contributed by atoms with Crippen LogP contribution in [0, 0.1) is 0 Å². The molecule has 29 heavy (non-hydrogen) atoms. The van der Waals surface area contributed by atoms with Gasteiger partial charge in [-0.1, -0.05) is 43.3 Å². The van der Waals surface area contributed by atoms with Crippen molar-refractivity contribution in [2.24, 2.45) is 0 Å². The van der Waals surface area contributed by atoms with E-state index in [4.69, 9.17) is 16.3 Å². The molecule has 1 aliphatic carbocycles. The number of Topliss-reactive ketones (excluding diaryl/α,β-unsaturated/α-hetero) is 1. The Morgan fingerprint density at radius 2 is 1.83 bits per heavy atom. The number of ether oxygens (including phenoxy) is 1. The van der Waals surface area contributed by atoms with Crippen LogP contribution < -0.4 is 9.46 Å². The lowest BCUT2D eigenvalue weighted by Crippen LogP contribution is -2.27. The minimum Gasteiger partial charge on any atom is -0.494 e. The van der Waals surface area contributed by atoms with Crippen molar-refractivity contribution < 1.29 is 17.9 Å². The summed E-state index contributed by atoms with van der Waals surface area (Å²) in [7, 11) is -3.87. The van der Waals surface area contributed by atoms with Crippen molar-refractivity contribution in [2.75, 3.05) is 6.61 Å². The molecule has 0 spiro atoms. The Labute approximate surface area is 176 Å². The average Bonchev–Trinajstić information content (AvgIpc) is 2.74. The summed E-state index contributed by atoms with van der Waals surface area (Å²) in [6, 6.07) is 14.9. The Balaban J connectivity index is 1.88. The maximum atomic E-state index is 12.9. The molecule has 1 N–H and O–H groups in total. The summed E-state index contributed by atoms with van der Waals surface area (Å²) < 4.78 is 33.7. The molecule has 0 radical (unpaired) electrons. The Bertz CT molecular complexity index is 1030. The first-order valence-electron chi connectivity index (χ1n) is 9.31. The number of carbonyl (C=O) groups is 1. The molecule has 2 aromatic carbocycles. The van der Waals surface area contributed by atoms with Crippen LogP contribution in [0.5, 0.6) is 5.75 Å². The second-order valence-electron chi connectivity index (χ2n) is 6.59. The van der Waals surface area contributed by atoms with Crippen LogP contribution in [0.4, 0.5) is 0 Å². The van der Waals surface area contributed by atoms with E-state index in [-0.39, 0.29) is 28.2 Å². The van der Waals surface area contributed by atoms with Gasteiger partial charge < -0.3 is 4.74 Å². The number of allylic oxidation sites excluding steroid dienone is 3. The van der Waals surface area contributed by atoms with Crippen molar-refractivity contribution in [1.82, 2.24) is 4.72 Å². The van der Waals surface area contributed by atoms with Gasteiger partial charge in [-0.3, -0.25) is 9.52 Å². The van der Waals surface area contributed by atoms with E-state index in [1.165, 1.54) is 12.1 Å². The average molecular weight is 432 g/mol. The fraction of sp³-hybridized carbons (Fsp3) is 0.227. The molecule has 5 nitrogen and oxygen atoms in total. The minimum atomic E-state index is -3.87. The zero-order valence-electron chi connectivity index (χ0n) is 16.0. The standard InChI is InChI=1S/C22H22ClNO4S/c1-2-14-28-18-9-11-19(12-10-18)29(26,27)24-21-13-8-17(23)15-20(21)22(25)16-6-4-3-5-7-16/h3-13,17,24H,2,14-15H2,1H3. The second kappa shape index (κ2) is 9.29. The number of sulfonamides is 1. The van der Waals surface area contributed by atoms with Crippen LogP contribution in [0.3, 0.4) is 0 Å². The summed E-state index contributed by atoms with van der Waals surface area (Å²) in [5.41, 5.74) is 1.06. The summed E-state index contributed by atoms with van der Waals surface area (Å²) >= 11 is 6.19. The molecule has 0 fully saturated rings. The van der Waals surface area contributed by atoms with E-state index in [2.05, 4.69) is 4.72 Å². The summed E-state index contributed by atoms with van der Waals surface area (Å²) in [5.74, 6) is 0.356. The third-order valence-electron chi connectivity index (χ3n) is 4.36. The second-order valence-corrected chi connectivity index (χ2v) is 8.83. The van der Waals surface area contributed by atoms with Gasteiger partial charge in [-0.2, -0.15) is 0 Å². The number of hydrogen-bond donors (Lipinski definition) is 1. The fourth-order valence-corrected chi connectivity index (χ4v) is 4.21. The predicted molar refractivity (Wildman–Crippen MR) is 114 cm³/mol. The highest BCUT2D eigenvalue weighted by atomic mass is 35.5. The van der Waals surface area contributed by atoms with Crippen LogP contribution in [-0.2, 0) is 10.0 Å². The molecule has 0 aliphatic heterocycles. The third-order valence-corrected chi connectivity index (χ3v) is 6.04. The van der Waals surface area contributed by atoms with Gasteiger partial charge in [0.1, 0.15) is 5.75 Å². The van der Waals surface area contributed by atoms with Crippen molar-refractivity contribution in [2.45, 2.75) is 30.0 Å². The van der Waals surface area contributed by atoms with Gasteiger partial charge in [0.05, 0.1) is 22.6 Å². The molecule has 0 heterocycles. The van der Waals surface area contributed by atoms with Gasteiger partial charge in [0.15, 0.2) is 5.78 Å². The lowest BCUT2D eigenvalue weighted by Gasteiger charge is -2.19. The molecule has 0 saturated carbocycles. The Hall–Kier alpha value is -2.57. The largest absolute Gasteiger partial charge is 0.494 e. The lowest BCUT2D eigenvalue weighted by molar-refractivity contribution is 0.102. The van der Waals surface area contributed by atoms with E-state index in [9.17, 15) is 13.2 Å². The number of benzene rings is 2. The molecule has 3 rings (SSSR count). The quantitative estimate of drug-likeness (QED) is 0.494. The molecular weight excluding hydrogens is 410 g/mol. The van der Waals surface area contributed by atoms with Crippen LogP contribution in [0.25, 0.3) is 0 Å². The molecule has 2 aromatic rings. The van der Waals surface area contributed by atoms with E-state index in [1.54, 1.807) is 48.6 Å². The van der Waals surface area contributed by atoms with Crippen molar-refractivity contribution >= 4 is 27.4 Å². The van der Waals surface area contributed by atoms with E-state index >= 15 is 0 Å². The summed E-state index contributed by atoms with van der Waals surface area (Å²) in [5, 5.41) is -0.374. The number of carbonyl (C=O) groups excluding carboxylic acids is 1. The topological polar surface area (TPSA) is 72.5 Å². The Kier molecular flexibility index (Phi) is 6.77. The third kappa shape index (κ3) is 5.28. The lowest BCUT2D eigenvalue weighted by atomic mass is 9.94. The zero-order valence-corrected chi connectivity index (χ0v) is 17.5. The molecule has 0 bridgehead atoms. The number of rotatable bonds is 8. The molecule has 1 unspecified atom stereocenters. The number of ketones is 1. The number of hydrogen-bond acceptors (Lipinski definition) is 4. The van der Waals surface area contributed by atoms with Crippen LogP contribution in [0.15, 0.2) is 82.9 Å². The highest BCUT2D eigenvalue weighted by Gasteiger charge is 2.25. The maximum absolute atomic E-state index is 12.9. The number of halogens is 1. The SMILES string of the molecule is CCCOc1ccc(S(=O)(=O)NC2=C(C(=O)c3ccccc3)CC(Cl)C=C2)cc1. The summed E-state index contributed by atoms with van der Waals surface area (Å²) in [6.45, 7) is 2.56. The molecule has 7 heteroatoms. The van der Waals surface area contributed by atoms with Crippen molar-refractivity contribution in [3.63, 3.8) is 0 Å². The van der Waals surface area contributed by atoms with Crippen molar-refractivity contribution in [1.29, 1.82) is 0 Å². The Morgan fingerprint density at radius 1 is 1.14 bits per heavy atom. The van der Waals surface area contributed by atoms with Gasteiger partial charge in [0.25, 0.3) is 10.0 Å². The van der Waals surface area contributed by atoms with Crippen molar-refractivity contribution in [3.05, 3.63) is 83.6 Å². The first-order chi connectivity index (χ1) is 13.9. The first kappa shape index (κ1) is 21.1. The first-order valence-corrected chi connectivity index (χ1v) is 11.2. The summed E-state index contributed by atoms with van der Waals surface area (Å²) in [4.78, 5) is 13.0. The van der Waals surface area contributed by atoms with Crippen LogP contribution in [-0.4, -0.2) is 26.2 Å². The molecule has 0 aromatic heterocycles. The van der Waals surface area contributed by atoms with E-state index in [1.807, 2.05) is 13.0 Å². The smallest absolute Gasteiger partial charge is 0.261 e. The molecule has 0 saturated heterocycles. The molecule has 1 atom stereocenters. The fourth-order valence-electron chi connectivity index (χ4n) is 2.89. The van der Waals surface area contributed by atoms with Gasteiger partial charge in [-0.05, 0) is 43.2 Å². The van der Waals surface area contributed by atoms with E-state index in [0.717, 1.165) is 6.42 Å². The van der Waals surface area contributed by atoms with E-state index in [0.29, 0.717) is 23.5 Å². The van der Waals surface area contributed by atoms with Crippen molar-refractivity contribution in [3.8, 4) is 5.75 Å².